The van der Waals surface area contributed by atoms with Crippen molar-refractivity contribution in [2.24, 2.45) is 23.7 Å². The lowest BCUT2D eigenvalue weighted by Gasteiger charge is -2.47. The Morgan fingerprint density at radius 3 is 2.75 bits per heavy atom. The van der Waals surface area contributed by atoms with Gasteiger partial charge in [0.15, 0.2) is 0 Å². The number of alkyl halides is 1. The van der Waals surface area contributed by atoms with Gasteiger partial charge in [0.1, 0.15) is 5.82 Å². The fourth-order valence-electron chi connectivity index (χ4n) is 9.23. The maximum Gasteiger partial charge on any atom is 0.308 e. The average molecular weight is 651 g/mol. The number of aliphatic hydroxyl groups is 1. The lowest BCUT2D eigenvalue weighted by atomic mass is 9.70. The van der Waals surface area contributed by atoms with Crippen LogP contribution in [0.4, 0.5) is 0 Å². The SMILES string of the molecule is Cc1nc2c(c(=O)n1CCOC1CCC(Cl)CC1C1CC(C)NC3C(C(=O)O)CSC13)C[C@H](N(C)CC1CC(C)(O)C1)CC2. The molecule has 0 radical (unpaired) electrons. The van der Waals surface area contributed by atoms with Crippen LogP contribution in [0.25, 0.3) is 0 Å². The van der Waals surface area contributed by atoms with E-state index in [9.17, 15) is 19.8 Å². The van der Waals surface area contributed by atoms with Crippen LogP contribution in [0.5, 0.6) is 0 Å². The number of aromatic nitrogens is 2. The van der Waals surface area contributed by atoms with Gasteiger partial charge in [-0.25, -0.2) is 4.98 Å². The number of fused-ring (bicyclic) bond motifs is 2. The molecule has 2 saturated carbocycles. The number of aliphatic carboxylic acids is 1. The van der Waals surface area contributed by atoms with E-state index >= 15 is 0 Å². The van der Waals surface area contributed by atoms with E-state index in [0.29, 0.717) is 36.8 Å². The molecule has 0 aromatic carbocycles. The highest BCUT2D eigenvalue weighted by molar-refractivity contribution is 8.00. The molecule has 9 atom stereocenters. The molecule has 11 heteroatoms. The predicted molar refractivity (Wildman–Crippen MR) is 174 cm³/mol. The van der Waals surface area contributed by atoms with E-state index in [2.05, 4.69) is 24.2 Å². The van der Waals surface area contributed by atoms with Gasteiger partial charge in [0.05, 0.1) is 36.5 Å². The second-order valence-electron chi connectivity index (χ2n) is 14.9. The lowest BCUT2D eigenvalue weighted by Crippen LogP contribution is -2.57. The summed E-state index contributed by atoms with van der Waals surface area (Å²) >= 11 is 8.55. The summed E-state index contributed by atoms with van der Waals surface area (Å²) in [5.74, 6) is 1.48. The number of carbonyl (C=O) groups is 1. The highest BCUT2D eigenvalue weighted by atomic mass is 35.5. The largest absolute Gasteiger partial charge is 0.481 e. The van der Waals surface area contributed by atoms with Crippen LogP contribution in [0.3, 0.4) is 0 Å². The van der Waals surface area contributed by atoms with Crippen molar-refractivity contribution in [3.8, 4) is 0 Å². The molecule has 2 aliphatic heterocycles. The van der Waals surface area contributed by atoms with E-state index in [4.69, 9.17) is 21.3 Å². The highest BCUT2D eigenvalue weighted by Gasteiger charge is 2.51. The molecule has 0 amide bonds. The van der Waals surface area contributed by atoms with Crippen molar-refractivity contribution in [1.29, 1.82) is 0 Å². The summed E-state index contributed by atoms with van der Waals surface area (Å²) in [6.07, 6.45) is 7.97. The van der Waals surface area contributed by atoms with Crippen molar-refractivity contribution in [3.05, 3.63) is 27.4 Å². The summed E-state index contributed by atoms with van der Waals surface area (Å²) in [5.41, 5.74) is 1.35. The molecule has 0 spiro atoms. The summed E-state index contributed by atoms with van der Waals surface area (Å²) < 4.78 is 8.44. The van der Waals surface area contributed by atoms with E-state index < -0.39 is 11.6 Å². The zero-order valence-electron chi connectivity index (χ0n) is 26.7. The third-order valence-corrected chi connectivity index (χ3v) is 13.4. The minimum absolute atomic E-state index is 0.0168. The third kappa shape index (κ3) is 6.77. The van der Waals surface area contributed by atoms with E-state index in [-0.39, 0.29) is 46.2 Å². The molecule has 0 bridgehead atoms. The topological polar surface area (TPSA) is 117 Å². The van der Waals surface area contributed by atoms with Gasteiger partial charge in [0.25, 0.3) is 5.56 Å². The number of hydrogen-bond donors (Lipinski definition) is 3. The molecule has 44 heavy (non-hydrogen) atoms. The highest BCUT2D eigenvalue weighted by Crippen LogP contribution is 2.48. The number of hydrogen-bond acceptors (Lipinski definition) is 8. The normalized spacial score (nSPS) is 40.3. The van der Waals surface area contributed by atoms with Crippen molar-refractivity contribution >= 4 is 29.3 Å². The summed E-state index contributed by atoms with van der Waals surface area (Å²) in [6.45, 7) is 7.88. The molecule has 6 rings (SSSR count). The summed E-state index contributed by atoms with van der Waals surface area (Å²) in [7, 11) is 2.15. The van der Waals surface area contributed by atoms with Gasteiger partial charge in [-0.3, -0.25) is 14.2 Å². The van der Waals surface area contributed by atoms with E-state index in [1.54, 1.807) is 16.3 Å². The molecular formula is C33H51ClN4O5S. The first kappa shape index (κ1) is 32.8. The first-order chi connectivity index (χ1) is 20.9. The van der Waals surface area contributed by atoms with Gasteiger partial charge in [-0.2, -0.15) is 11.8 Å². The van der Waals surface area contributed by atoms with E-state index in [0.717, 1.165) is 81.4 Å². The maximum absolute atomic E-state index is 13.8. The lowest BCUT2D eigenvalue weighted by molar-refractivity contribution is -0.142. The van der Waals surface area contributed by atoms with Gasteiger partial charge < -0.3 is 25.2 Å². The first-order valence-electron chi connectivity index (χ1n) is 16.8. The van der Waals surface area contributed by atoms with Gasteiger partial charge in [0.2, 0.25) is 0 Å². The molecule has 3 N–H and O–H groups in total. The van der Waals surface area contributed by atoms with Crippen molar-refractivity contribution in [2.75, 3.05) is 26.0 Å². The summed E-state index contributed by atoms with van der Waals surface area (Å²) in [6, 6.07) is 0.552. The van der Waals surface area contributed by atoms with Crippen LogP contribution in [0.1, 0.15) is 75.9 Å². The molecule has 1 aromatic rings. The number of ether oxygens (including phenoxy) is 1. The van der Waals surface area contributed by atoms with Gasteiger partial charge >= 0.3 is 5.97 Å². The van der Waals surface area contributed by atoms with Gasteiger partial charge in [-0.1, -0.05) is 0 Å². The monoisotopic (exact) mass is 650 g/mol. The van der Waals surface area contributed by atoms with Crippen molar-refractivity contribution in [1.82, 2.24) is 19.8 Å². The average Bonchev–Trinajstić information content (AvgIpc) is 3.38. The molecule has 246 valence electrons. The number of piperidine rings is 1. The number of likely N-dealkylation sites (N-methyl/N-ethyl adjacent to an activating group) is 1. The Labute approximate surface area is 270 Å². The van der Waals surface area contributed by atoms with E-state index in [1.165, 1.54) is 0 Å². The van der Waals surface area contributed by atoms with Gasteiger partial charge in [-0.15, -0.1) is 11.6 Å². The Morgan fingerprint density at radius 1 is 1.25 bits per heavy atom. The molecular weight excluding hydrogens is 600 g/mol. The molecule has 1 aromatic heterocycles. The summed E-state index contributed by atoms with van der Waals surface area (Å²) in [5, 5.41) is 23.9. The van der Waals surface area contributed by atoms with Crippen LogP contribution in [-0.2, 0) is 28.9 Å². The maximum atomic E-state index is 13.8. The Bertz CT molecular complexity index is 1270. The van der Waals surface area contributed by atoms with Crippen LogP contribution in [0.15, 0.2) is 4.79 Å². The Kier molecular flexibility index (Phi) is 9.79. The number of rotatable bonds is 9. The van der Waals surface area contributed by atoms with Crippen LogP contribution in [0.2, 0.25) is 0 Å². The minimum Gasteiger partial charge on any atom is -0.481 e. The zero-order chi connectivity index (χ0) is 31.3. The molecule has 9 nitrogen and oxygen atoms in total. The van der Waals surface area contributed by atoms with E-state index in [1.807, 2.05) is 13.8 Å². The Hall–Kier alpha value is -1.17. The molecule has 8 unspecified atom stereocenters. The Morgan fingerprint density at radius 2 is 2.02 bits per heavy atom. The number of nitrogens with one attached hydrogen (secondary N) is 1. The number of aryl methyl sites for hydroxylation is 2. The number of carboxylic acid groups (broad SMARTS) is 1. The fraction of sp³-hybridized carbons (Fsp3) is 0.848. The standard InChI is InChI=1S/C33H51ClN4O5S/c1-18-11-24(30-29(35-18)26(17-44-30)32(40)41)23-12-21(34)5-8-28(23)43-10-9-38-19(2)36-27-7-6-22(13-25(27)31(38)39)37(4)16-20-14-33(3,42)15-20/h18,20-24,26,28-30,35,42H,5-17H2,1-4H3,(H,40,41)/t18?,20?,21?,22-,23?,24?,26?,28?,29?,30?,33?/m1/s1. The van der Waals surface area contributed by atoms with Crippen molar-refractivity contribution in [2.45, 2.75) is 126 Å². The van der Waals surface area contributed by atoms with Crippen LogP contribution in [-0.4, -0.2) is 97.0 Å². The molecule has 2 saturated heterocycles. The summed E-state index contributed by atoms with van der Waals surface area (Å²) in [4.78, 5) is 33.0. The van der Waals surface area contributed by atoms with Crippen LogP contribution < -0.4 is 10.9 Å². The quantitative estimate of drug-likeness (QED) is 0.346. The third-order valence-electron chi connectivity index (χ3n) is 11.4. The smallest absolute Gasteiger partial charge is 0.308 e. The second kappa shape index (κ2) is 13.1. The van der Waals surface area contributed by atoms with Gasteiger partial charge in [-0.05, 0) is 103 Å². The van der Waals surface area contributed by atoms with Crippen LogP contribution >= 0.6 is 23.4 Å². The second-order valence-corrected chi connectivity index (χ2v) is 16.7. The van der Waals surface area contributed by atoms with Crippen molar-refractivity contribution < 1.29 is 19.7 Å². The zero-order valence-corrected chi connectivity index (χ0v) is 28.3. The van der Waals surface area contributed by atoms with Crippen LogP contribution in [0, 0.1) is 30.6 Å². The molecule has 4 fully saturated rings. The Balaban J connectivity index is 1.11. The first-order valence-corrected chi connectivity index (χ1v) is 18.3. The molecule has 3 aliphatic carbocycles. The minimum atomic E-state index is -0.706. The van der Waals surface area contributed by atoms with Gasteiger partial charge in [0, 0.05) is 46.6 Å². The predicted octanol–water partition coefficient (Wildman–Crippen LogP) is 3.48. The molecule has 5 aliphatic rings. The fourth-order valence-corrected chi connectivity index (χ4v) is 11.4. The number of carboxylic acids is 1. The molecule has 3 heterocycles. The van der Waals surface area contributed by atoms with Crippen molar-refractivity contribution in [3.63, 3.8) is 0 Å². The number of thioether (sulfide) groups is 1. The number of nitrogens with zero attached hydrogens (tertiary/aromatic N) is 3. The number of halogens is 1.